The summed E-state index contributed by atoms with van der Waals surface area (Å²) in [5.41, 5.74) is 9.01. The maximum Gasteiger partial charge on any atom is 0.137 e. The van der Waals surface area contributed by atoms with Gasteiger partial charge in [0.25, 0.3) is 0 Å². The van der Waals surface area contributed by atoms with Crippen molar-refractivity contribution in [1.29, 1.82) is 0 Å². The summed E-state index contributed by atoms with van der Waals surface area (Å²) < 4.78 is 12.9. The van der Waals surface area contributed by atoms with Crippen LogP contribution in [0.15, 0.2) is 160 Å². The second kappa shape index (κ2) is 9.37. The van der Waals surface area contributed by atoms with E-state index in [4.69, 9.17) is 8.83 Å². The zero-order valence-electron chi connectivity index (χ0n) is 23.2. The Bertz CT molecular complexity index is 2450. The zero-order chi connectivity index (χ0) is 28.3. The van der Waals surface area contributed by atoms with Gasteiger partial charge >= 0.3 is 0 Å². The molecule has 0 aliphatic carbocycles. The van der Waals surface area contributed by atoms with E-state index in [2.05, 4.69) is 144 Å². The number of hydrogen-bond acceptors (Lipinski definition) is 3. The Balaban J connectivity index is 1.20. The molecule has 0 N–H and O–H groups in total. The summed E-state index contributed by atoms with van der Waals surface area (Å²) in [5, 5.41) is 6.69. The first-order valence-electron chi connectivity index (χ1n) is 14.5. The minimum Gasteiger partial charge on any atom is -0.456 e. The molecule has 0 unspecified atom stereocenters. The molecule has 3 nitrogen and oxygen atoms in total. The standard InChI is InChI=1S/C40H25NO2/c1-3-9-26(10-4-1)29-16-20-37-34(22-29)36-25-39-35(24-40(36)42-37)33-19-18-32(23-38(33)43-39)41(30-13-5-2-6-14-30)31-17-15-27-11-7-8-12-28(27)21-31/h1-25H. The van der Waals surface area contributed by atoms with Crippen LogP contribution in [0.5, 0.6) is 0 Å². The second-order valence-electron chi connectivity index (χ2n) is 11.0. The fraction of sp³-hybridized carbons (Fsp3) is 0. The van der Waals surface area contributed by atoms with Crippen LogP contribution in [0.25, 0.3) is 65.8 Å². The van der Waals surface area contributed by atoms with Gasteiger partial charge in [0.1, 0.15) is 22.3 Å². The Kier molecular flexibility index (Phi) is 5.20. The molecule has 0 fully saturated rings. The smallest absolute Gasteiger partial charge is 0.137 e. The Morgan fingerprint density at radius 3 is 1.74 bits per heavy atom. The van der Waals surface area contributed by atoms with Gasteiger partial charge in [-0.2, -0.15) is 0 Å². The van der Waals surface area contributed by atoms with Crippen molar-refractivity contribution < 1.29 is 8.83 Å². The van der Waals surface area contributed by atoms with Crippen LogP contribution in [-0.4, -0.2) is 0 Å². The molecule has 0 saturated heterocycles. The summed E-state index contributed by atoms with van der Waals surface area (Å²) in [7, 11) is 0. The molecule has 0 amide bonds. The monoisotopic (exact) mass is 551 g/mol. The van der Waals surface area contributed by atoms with Crippen LogP contribution in [-0.2, 0) is 0 Å². The maximum atomic E-state index is 6.56. The number of benzene rings is 7. The molecule has 9 rings (SSSR count). The molecule has 202 valence electrons. The number of anilines is 3. The van der Waals surface area contributed by atoms with E-state index in [1.54, 1.807) is 0 Å². The van der Waals surface area contributed by atoms with E-state index < -0.39 is 0 Å². The van der Waals surface area contributed by atoms with E-state index in [9.17, 15) is 0 Å². The van der Waals surface area contributed by atoms with Crippen molar-refractivity contribution in [2.75, 3.05) is 4.90 Å². The van der Waals surface area contributed by atoms with Crippen molar-refractivity contribution in [2.24, 2.45) is 0 Å². The van der Waals surface area contributed by atoms with Crippen molar-refractivity contribution in [3.05, 3.63) is 152 Å². The lowest BCUT2D eigenvalue weighted by Crippen LogP contribution is -2.09. The van der Waals surface area contributed by atoms with Gasteiger partial charge in [0, 0.05) is 44.7 Å². The Morgan fingerprint density at radius 2 is 0.930 bits per heavy atom. The van der Waals surface area contributed by atoms with Crippen LogP contribution in [0.1, 0.15) is 0 Å². The lowest BCUT2D eigenvalue weighted by atomic mass is 10.0. The van der Waals surface area contributed by atoms with Gasteiger partial charge in [0.15, 0.2) is 0 Å². The van der Waals surface area contributed by atoms with E-state index in [1.165, 1.54) is 21.9 Å². The first-order valence-corrected chi connectivity index (χ1v) is 14.5. The summed E-state index contributed by atoms with van der Waals surface area (Å²) in [6.07, 6.45) is 0. The van der Waals surface area contributed by atoms with Crippen LogP contribution in [0.2, 0.25) is 0 Å². The number of fused-ring (bicyclic) bond motifs is 7. The molecule has 0 spiro atoms. The van der Waals surface area contributed by atoms with Crippen LogP contribution < -0.4 is 4.90 Å². The number of hydrogen-bond donors (Lipinski definition) is 0. The van der Waals surface area contributed by atoms with Gasteiger partial charge in [-0.3, -0.25) is 0 Å². The third-order valence-corrected chi connectivity index (χ3v) is 8.42. The quantitative estimate of drug-likeness (QED) is 0.218. The second-order valence-corrected chi connectivity index (χ2v) is 11.0. The summed E-state index contributed by atoms with van der Waals surface area (Å²) in [4.78, 5) is 2.28. The van der Waals surface area contributed by atoms with Crippen LogP contribution in [0, 0.1) is 0 Å². The third-order valence-electron chi connectivity index (χ3n) is 8.42. The Morgan fingerprint density at radius 1 is 0.326 bits per heavy atom. The van der Waals surface area contributed by atoms with Gasteiger partial charge in [0.2, 0.25) is 0 Å². The molecule has 0 bridgehead atoms. The highest BCUT2D eigenvalue weighted by Gasteiger charge is 2.18. The van der Waals surface area contributed by atoms with Crippen molar-refractivity contribution in [1.82, 2.24) is 0 Å². The van der Waals surface area contributed by atoms with Crippen molar-refractivity contribution in [3.8, 4) is 11.1 Å². The summed E-state index contributed by atoms with van der Waals surface area (Å²) >= 11 is 0. The highest BCUT2D eigenvalue weighted by atomic mass is 16.3. The SMILES string of the molecule is c1ccc(-c2ccc3oc4cc5c(cc4c3c2)oc2cc(N(c3ccccc3)c3ccc4ccccc4c3)ccc25)cc1. The largest absolute Gasteiger partial charge is 0.456 e. The van der Waals surface area contributed by atoms with Crippen LogP contribution >= 0.6 is 0 Å². The van der Waals surface area contributed by atoms with E-state index >= 15 is 0 Å². The summed E-state index contributed by atoms with van der Waals surface area (Å²) in [6.45, 7) is 0. The molecular weight excluding hydrogens is 526 g/mol. The lowest BCUT2D eigenvalue weighted by molar-refractivity contribution is 0.664. The number of para-hydroxylation sites is 1. The normalized spacial score (nSPS) is 11.7. The van der Waals surface area contributed by atoms with Gasteiger partial charge < -0.3 is 13.7 Å². The maximum absolute atomic E-state index is 6.56. The molecule has 0 radical (unpaired) electrons. The van der Waals surface area contributed by atoms with Gasteiger partial charge in [-0.25, -0.2) is 0 Å². The molecule has 0 atom stereocenters. The Hall–Kier alpha value is -5.80. The average molecular weight is 552 g/mol. The van der Waals surface area contributed by atoms with Crippen molar-refractivity contribution in [2.45, 2.75) is 0 Å². The first-order chi connectivity index (χ1) is 21.3. The summed E-state index contributed by atoms with van der Waals surface area (Å²) in [6, 6.07) is 53.1. The summed E-state index contributed by atoms with van der Waals surface area (Å²) in [5.74, 6) is 0. The van der Waals surface area contributed by atoms with Crippen molar-refractivity contribution >= 4 is 71.7 Å². The predicted octanol–water partition coefficient (Wildman–Crippen LogP) is 11.8. The van der Waals surface area contributed by atoms with E-state index in [0.29, 0.717) is 0 Å². The Labute approximate surface area is 247 Å². The fourth-order valence-corrected chi connectivity index (χ4v) is 6.32. The molecule has 0 aliphatic heterocycles. The lowest BCUT2D eigenvalue weighted by Gasteiger charge is -2.25. The minimum atomic E-state index is 0.844. The molecule has 43 heavy (non-hydrogen) atoms. The number of rotatable bonds is 4. The zero-order valence-corrected chi connectivity index (χ0v) is 23.2. The molecule has 7 aromatic carbocycles. The molecule has 0 aliphatic rings. The van der Waals surface area contributed by atoms with Gasteiger partial charge in [0.05, 0.1) is 0 Å². The minimum absolute atomic E-state index is 0.844. The van der Waals surface area contributed by atoms with Gasteiger partial charge in [-0.15, -0.1) is 0 Å². The number of furan rings is 2. The molecule has 2 aromatic heterocycles. The van der Waals surface area contributed by atoms with Crippen molar-refractivity contribution in [3.63, 3.8) is 0 Å². The van der Waals surface area contributed by atoms with E-state index in [-0.39, 0.29) is 0 Å². The van der Waals surface area contributed by atoms with Crippen LogP contribution in [0.3, 0.4) is 0 Å². The molecule has 0 saturated carbocycles. The highest BCUT2D eigenvalue weighted by molar-refractivity contribution is 6.15. The van der Waals surface area contributed by atoms with E-state index in [0.717, 1.165) is 60.9 Å². The van der Waals surface area contributed by atoms with Gasteiger partial charge in [-0.05, 0) is 82.6 Å². The molecule has 2 heterocycles. The fourth-order valence-electron chi connectivity index (χ4n) is 6.32. The van der Waals surface area contributed by atoms with Crippen LogP contribution in [0.4, 0.5) is 17.1 Å². The topological polar surface area (TPSA) is 29.5 Å². The first kappa shape index (κ1) is 23.9. The third kappa shape index (κ3) is 3.90. The molecule has 9 aromatic rings. The van der Waals surface area contributed by atoms with Gasteiger partial charge in [-0.1, -0.05) is 84.9 Å². The number of nitrogens with zero attached hydrogens (tertiary/aromatic N) is 1. The molecular formula is C40H25NO2. The molecule has 3 heteroatoms. The van der Waals surface area contributed by atoms with E-state index in [1.807, 2.05) is 12.1 Å². The average Bonchev–Trinajstić information content (AvgIpc) is 3.61. The predicted molar refractivity (Wildman–Crippen MR) is 179 cm³/mol. The highest BCUT2D eigenvalue weighted by Crippen LogP contribution is 2.41.